The Hall–Kier alpha value is -0.430. The standard InChI is InChI=1S/C14H23BrN2O2S/c1-5-12(3)17(4)9-8-16-20(18,19)13-6-7-14(15)11(2)10-13/h6-7,10,12,16H,5,8-9H2,1-4H3. The average molecular weight is 363 g/mol. The van der Waals surface area contributed by atoms with Crippen LogP contribution in [0.5, 0.6) is 0 Å². The minimum absolute atomic E-state index is 0.310. The lowest BCUT2D eigenvalue weighted by atomic mass is 10.2. The Morgan fingerprint density at radius 1 is 1.40 bits per heavy atom. The van der Waals surface area contributed by atoms with E-state index in [4.69, 9.17) is 0 Å². The van der Waals surface area contributed by atoms with Gasteiger partial charge in [-0.25, -0.2) is 13.1 Å². The number of nitrogens with one attached hydrogen (secondary N) is 1. The highest BCUT2D eigenvalue weighted by Gasteiger charge is 2.15. The quantitative estimate of drug-likeness (QED) is 0.811. The Morgan fingerprint density at radius 2 is 2.05 bits per heavy atom. The first-order valence-electron chi connectivity index (χ1n) is 6.74. The summed E-state index contributed by atoms with van der Waals surface area (Å²) in [5, 5.41) is 0. The average Bonchev–Trinajstić information content (AvgIpc) is 2.40. The molecule has 20 heavy (non-hydrogen) atoms. The number of likely N-dealkylation sites (N-methyl/N-ethyl adjacent to an activating group) is 1. The van der Waals surface area contributed by atoms with Crippen LogP contribution in [0.1, 0.15) is 25.8 Å². The molecule has 1 atom stereocenters. The van der Waals surface area contributed by atoms with Crippen molar-refractivity contribution >= 4 is 26.0 Å². The molecule has 0 aromatic heterocycles. The summed E-state index contributed by atoms with van der Waals surface area (Å²) in [6.07, 6.45) is 1.05. The topological polar surface area (TPSA) is 49.4 Å². The van der Waals surface area contributed by atoms with E-state index in [1.807, 2.05) is 14.0 Å². The van der Waals surface area contributed by atoms with Crippen molar-refractivity contribution in [1.29, 1.82) is 0 Å². The maximum Gasteiger partial charge on any atom is 0.240 e. The van der Waals surface area contributed by atoms with Gasteiger partial charge in [-0.3, -0.25) is 0 Å². The molecule has 0 amide bonds. The van der Waals surface area contributed by atoms with Crippen LogP contribution in [0.15, 0.2) is 27.6 Å². The van der Waals surface area contributed by atoms with Gasteiger partial charge in [0.25, 0.3) is 0 Å². The second-order valence-corrected chi connectivity index (χ2v) is 7.67. The number of sulfonamides is 1. The largest absolute Gasteiger partial charge is 0.302 e. The van der Waals surface area contributed by atoms with E-state index < -0.39 is 10.0 Å². The maximum atomic E-state index is 12.2. The van der Waals surface area contributed by atoms with Crippen LogP contribution in [0.3, 0.4) is 0 Å². The highest BCUT2D eigenvalue weighted by atomic mass is 79.9. The number of halogens is 1. The van der Waals surface area contributed by atoms with Gasteiger partial charge < -0.3 is 4.90 Å². The van der Waals surface area contributed by atoms with Crippen LogP contribution in [0.25, 0.3) is 0 Å². The van der Waals surface area contributed by atoms with Crippen LogP contribution in [-0.4, -0.2) is 39.5 Å². The van der Waals surface area contributed by atoms with E-state index in [0.717, 1.165) is 16.5 Å². The van der Waals surface area contributed by atoms with Gasteiger partial charge in [-0.2, -0.15) is 0 Å². The number of aryl methyl sites for hydroxylation is 1. The van der Waals surface area contributed by atoms with E-state index in [0.29, 0.717) is 24.0 Å². The van der Waals surface area contributed by atoms with Crippen molar-refractivity contribution in [3.05, 3.63) is 28.2 Å². The summed E-state index contributed by atoms with van der Waals surface area (Å²) in [6.45, 7) is 7.24. The SMILES string of the molecule is CCC(C)N(C)CCNS(=O)(=O)c1ccc(Br)c(C)c1. The lowest BCUT2D eigenvalue weighted by Gasteiger charge is -2.23. The summed E-state index contributed by atoms with van der Waals surface area (Å²) in [5.41, 5.74) is 0.907. The Labute approximate surface area is 130 Å². The number of hydrogen-bond donors (Lipinski definition) is 1. The third kappa shape index (κ3) is 4.84. The van der Waals surface area contributed by atoms with Crippen molar-refractivity contribution in [1.82, 2.24) is 9.62 Å². The zero-order chi connectivity index (χ0) is 15.3. The van der Waals surface area contributed by atoms with Gasteiger partial charge in [0.05, 0.1) is 4.90 Å². The van der Waals surface area contributed by atoms with Gasteiger partial charge in [0.2, 0.25) is 10.0 Å². The fourth-order valence-electron chi connectivity index (χ4n) is 1.76. The van der Waals surface area contributed by atoms with Crippen molar-refractivity contribution in [3.8, 4) is 0 Å². The molecule has 0 heterocycles. The van der Waals surface area contributed by atoms with E-state index >= 15 is 0 Å². The molecule has 4 nitrogen and oxygen atoms in total. The molecule has 1 aromatic rings. The molecule has 0 fully saturated rings. The number of benzene rings is 1. The van der Waals surface area contributed by atoms with Crippen LogP contribution in [0.2, 0.25) is 0 Å². The number of nitrogens with zero attached hydrogens (tertiary/aromatic N) is 1. The molecule has 0 spiro atoms. The Balaban J connectivity index is 2.64. The number of rotatable bonds is 7. The van der Waals surface area contributed by atoms with Crippen molar-refractivity contribution in [3.63, 3.8) is 0 Å². The van der Waals surface area contributed by atoms with E-state index in [2.05, 4.69) is 39.4 Å². The lowest BCUT2D eigenvalue weighted by Crippen LogP contribution is -2.37. The molecule has 0 radical (unpaired) electrons. The van der Waals surface area contributed by atoms with Crippen LogP contribution >= 0.6 is 15.9 Å². The summed E-state index contributed by atoms with van der Waals surface area (Å²) in [7, 11) is -1.42. The molecule has 0 saturated heterocycles. The van der Waals surface area contributed by atoms with Crippen LogP contribution < -0.4 is 4.72 Å². The fraction of sp³-hybridized carbons (Fsp3) is 0.571. The zero-order valence-electron chi connectivity index (χ0n) is 12.5. The van der Waals surface area contributed by atoms with Gasteiger partial charge in [0.1, 0.15) is 0 Å². The predicted octanol–water partition coefficient (Wildman–Crippen LogP) is 2.77. The van der Waals surface area contributed by atoms with Crippen LogP contribution in [0, 0.1) is 6.92 Å². The lowest BCUT2D eigenvalue weighted by molar-refractivity contribution is 0.256. The minimum Gasteiger partial charge on any atom is -0.302 e. The number of hydrogen-bond acceptors (Lipinski definition) is 3. The molecule has 0 aliphatic carbocycles. The Bertz CT molecular complexity index is 546. The molecule has 0 aliphatic rings. The molecule has 0 saturated carbocycles. The minimum atomic E-state index is -3.43. The van der Waals surface area contributed by atoms with Crippen molar-refractivity contribution < 1.29 is 8.42 Å². The summed E-state index contributed by atoms with van der Waals surface area (Å²) >= 11 is 3.37. The first-order chi connectivity index (χ1) is 9.27. The molecule has 6 heteroatoms. The third-order valence-corrected chi connectivity index (χ3v) is 5.89. The van der Waals surface area contributed by atoms with Gasteiger partial charge in [0, 0.05) is 23.6 Å². The monoisotopic (exact) mass is 362 g/mol. The smallest absolute Gasteiger partial charge is 0.240 e. The van der Waals surface area contributed by atoms with E-state index in [1.165, 1.54) is 0 Å². The zero-order valence-corrected chi connectivity index (χ0v) is 14.9. The first-order valence-corrected chi connectivity index (χ1v) is 9.01. The van der Waals surface area contributed by atoms with Gasteiger partial charge in [0.15, 0.2) is 0 Å². The highest BCUT2D eigenvalue weighted by molar-refractivity contribution is 9.10. The molecular weight excluding hydrogens is 340 g/mol. The van der Waals surface area contributed by atoms with Crippen LogP contribution in [0.4, 0.5) is 0 Å². The van der Waals surface area contributed by atoms with E-state index in [1.54, 1.807) is 18.2 Å². The van der Waals surface area contributed by atoms with Gasteiger partial charge in [-0.1, -0.05) is 22.9 Å². The van der Waals surface area contributed by atoms with E-state index in [9.17, 15) is 8.42 Å². The summed E-state index contributed by atoms with van der Waals surface area (Å²) in [5.74, 6) is 0. The molecule has 0 aliphatic heterocycles. The van der Waals surface area contributed by atoms with Gasteiger partial charge in [-0.05, 0) is 51.1 Å². The molecule has 1 aromatic carbocycles. The van der Waals surface area contributed by atoms with Crippen molar-refractivity contribution in [2.24, 2.45) is 0 Å². The second kappa shape index (κ2) is 7.54. The molecule has 114 valence electrons. The normalized spacial score (nSPS) is 13.7. The second-order valence-electron chi connectivity index (χ2n) is 5.05. The predicted molar refractivity (Wildman–Crippen MR) is 86.5 cm³/mol. The summed E-state index contributed by atoms with van der Waals surface area (Å²) in [6, 6.07) is 5.49. The molecule has 1 N–H and O–H groups in total. The molecular formula is C14H23BrN2O2S. The Kier molecular flexibility index (Phi) is 6.64. The fourth-order valence-corrected chi connectivity index (χ4v) is 3.11. The summed E-state index contributed by atoms with van der Waals surface area (Å²) < 4.78 is 27.9. The van der Waals surface area contributed by atoms with Crippen molar-refractivity contribution in [2.75, 3.05) is 20.1 Å². The van der Waals surface area contributed by atoms with E-state index in [-0.39, 0.29) is 0 Å². The molecule has 0 bridgehead atoms. The molecule has 1 rings (SSSR count). The van der Waals surface area contributed by atoms with Gasteiger partial charge >= 0.3 is 0 Å². The van der Waals surface area contributed by atoms with Crippen molar-refractivity contribution in [2.45, 2.75) is 38.1 Å². The summed E-state index contributed by atoms with van der Waals surface area (Å²) in [4.78, 5) is 2.46. The Morgan fingerprint density at radius 3 is 2.60 bits per heavy atom. The molecule has 1 unspecified atom stereocenters. The van der Waals surface area contributed by atoms with Gasteiger partial charge in [-0.15, -0.1) is 0 Å². The first kappa shape index (κ1) is 17.6. The third-order valence-electron chi connectivity index (χ3n) is 3.54. The highest BCUT2D eigenvalue weighted by Crippen LogP contribution is 2.19. The van der Waals surface area contributed by atoms with Crippen LogP contribution in [-0.2, 0) is 10.0 Å². The maximum absolute atomic E-state index is 12.2.